The van der Waals surface area contributed by atoms with Gasteiger partial charge in [0.25, 0.3) is 5.91 Å². The molecule has 2 rings (SSSR count). The Labute approximate surface area is 132 Å². The van der Waals surface area contributed by atoms with E-state index in [0.717, 1.165) is 45.7 Å². The summed E-state index contributed by atoms with van der Waals surface area (Å²) in [6, 6.07) is 1.70. The lowest BCUT2D eigenvalue weighted by atomic mass is 10.1. The highest BCUT2D eigenvalue weighted by atomic mass is 16.2. The zero-order chi connectivity index (χ0) is 15.9. The number of nitrogens with zero attached hydrogens (tertiary/aromatic N) is 4. The standard InChI is InChI=1S/C16H27N5O/c1-4-20-9-11-21(12-10-20)15(22)14-6-8-18-16(19-14)17-7-5-13(2)3/h6,8,13H,4-5,7,9-12H2,1-3H3,(H,17,18,19). The Morgan fingerprint density at radius 3 is 2.68 bits per heavy atom. The van der Waals surface area contributed by atoms with Gasteiger partial charge in [-0.05, 0) is 24.9 Å². The average molecular weight is 305 g/mol. The van der Waals surface area contributed by atoms with Crippen molar-refractivity contribution in [1.82, 2.24) is 19.8 Å². The number of hydrogen-bond acceptors (Lipinski definition) is 5. The van der Waals surface area contributed by atoms with Crippen molar-refractivity contribution in [2.45, 2.75) is 27.2 Å². The molecule has 0 atom stereocenters. The number of carbonyl (C=O) groups is 1. The average Bonchev–Trinajstić information content (AvgIpc) is 2.54. The van der Waals surface area contributed by atoms with E-state index >= 15 is 0 Å². The highest BCUT2D eigenvalue weighted by Gasteiger charge is 2.22. The first-order valence-corrected chi connectivity index (χ1v) is 8.18. The number of amides is 1. The first kappa shape index (κ1) is 16.7. The molecule has 1 aromatic heterocycles. The predicted octanol–water partition coefficient (Wildman–Crippen LogP) is 1.71. The lowest BCUT2D eigenvalue weighted by Gasteiger charge is -2.33. The molecule has 122 valence electrons. The van der Waals surface area contributed by atoms with E-state index in [9.17, 15) is 4.79 Å². The number of piperazine rings is 1. The molecule has 1 aromatic rings. The number of aromatic nitrogens is 2. The van der Waals surface area contributed by atoms with Gasteiger partial charge in [0, 0.05) is 38.9 Å². The van der Waals surface area contributed by atoms with Crippen molar-refractivity contribution in [1.29, 1.82) is 0 Å². The van der Waals surface area contributed by atoms with Gasteiger partial charge in [0.1, 0.15) is 5.69 Å². The van der Waals surface area contributed by atoms with Gasteiger partial charge in [-0.2, -0.15) is 0 Å². The van der Waals surface area contributed by atoms with Crippen LogP contribution >= 0.6 is 0 Å². The van der Waals surface area contributed by atoms with E-state index in [4.69, 9.17) is 0 Å². The predicted molar refractivity (Wildman–Crippen MR) is 88.0 cm³/mol. The summed E-state index contributed by atoms with van der Waals surface area (Å²) in [5.41, 5.74) is 0.479. The van der Waals surface area contributed by atoms with Crippen LogP contribution in [0.5, 0.6) is 0 Å². The maximum atomic E-state index is 12.5. The summed E-state index contributed by atoms with van der Waals surface area (Å²) in [4.78, 5) is 25.3. The molecule has 0 saturated carbocycles. The Morgan fingerprint density at radius 1 is 1.32 bits per heavy atom. The normalized spacial score (nSPS) is 16.1. The van der Waals surface area contributed by atoms with Gasteiger partial charge in [0.2, 0.25) is 5.95 Å². The van der Waals surface area contributed by atoms with Crippen LogP contribution in [0.1, 0.15) is 37.7 Å². The summed E-state index contributed by atoms with van der Waals surface area (Å²) < 4.78 is 0. The Balaban J connectivity index is 1.92. The summed E-state index contributed by atoms with van der Waals surface area (Å²) in [7, 11) is 0. The molecule has 22 heavy (non-hydrogen) atoms. The van der Waals surface area contributed by atoms with E-state index in [2.05, 4.69) is 41.0 Å². The highest BCUT2D eigenvalue weighted by Crippen LogP contribution is 2.09. The van der Waals surface area contributed by atoms with E-state index < -0.39 is 0 Å². The van der Waals surface area contributed by atoms with Crippen molar-refractivity contribution >= 4 is 11.9 Å². The molecule has 0 aliphatic carbocycles. The second kappa shape index (κ2) is 8.08. The van der Waals surface area contributed by atoms with Crippen LogP contribution in [0.4, 0.5) is 5.95 Å². The first-order chi connectivity index (χ1) is 10.6. The Morgan fingerprint density at radius 2 is 2.05 bits per heavy atom. The van der Waals surface area contributed by atoms with Crippen LogP contribution in [0.15, 0.2) is 12.3 Å². The molecule has 1 amide bonds. The van der Waals surface area contributed by atoms with Crippen LogP contribution in [0.25, 0.3) is 0 Å². The zero-order valence-electron chi connectivity index (χ0n) is 13.9. The van der Waals surface area contributed by atoms with Crippen LogP contribution in [0, 0.1) is 5.92 Å². The van der Waals surface area contributed by atoms with Gasteiger partial charge in [0.05, 0.1) is 0 Å². The molecule has 2 heterocycles. The van der Waals surface area contributed by atoms with Gasteiger partial charge in [-0.3, -0.25) is 4.79 Å². The van der Waals surface area contributed by atoms with Crippen LogP contribution in [0.3, 0.4) is 0 Å². The molecular formula is C16H27N5O. The van der Waals surface area contributed by atoms with Crippen molar-refractivity contribution < 1.29 is 4.79 Å². The topological polar surface area (TPSA) is 61.4 Å². The van der Waals surface area contributed by atoms with Gasteiger partial charge in [-0.15, -0.1) is 0 Å². The van der Waals surface area contributed by atoms with Crippen LogP contribution < -0.4 is 5.32 Å². The minimum absolute atomic E-state index is 0.00469. The fourth-order valence-electron chi connectivity index (χ4n) is 2.46. The fraction of sp³-hybridized carbons (Fsp3) is 0.688. The Bertz CT molecular complexity index is 483. The molecule has 6 nitrogen and oxygen atoms in total. The fourth-order valence-corrected chi connectivity index (χ4v) is 2.46. The third-order valence-electron chi connectivity index (χ3n) is 3.99. The number of carbonyl (C=O) groups excluding carboxylic acids is 1. The molecule has 1 aliphatic heterocycles. The van der Waals surface area contributed by atoms with Gasteiger partial charge < -0.3 is 15.1 Å². The van der Waals surface area contributed by atoms with Crippen LogP contribution in [-0.2, 0) is 0 Å². The summed E-state index contributed by atoms with van der Waals surface area (Å²) in [5, 5.41) is 3.19. The second-order valence-corrected chi connectivity index (χ2v) is 6.10. The third kappa shape index (κ3) is 4.66. The lowest BCUT2D eigenvalue weighted by Crippen LogP contribution is -2.48. The van der Waals surface area contributed by atoms with E-state index in [1.54, 1.807) is 12.3 Å². The summed E-state index contributed by atoms with van der Waals surface area (Å²) in [5.74, 6) is 1.18. The SMILES string of the molecule is CCN1CCN(C(=O)c2ccnc(NCCC(C)C)n2)CC1. The quantitative estimate of drug-likeness (QED) is 0.867. The van der Waals surface area contributed by atoms with Gasteiger partial charge in [-0.25, -0.2) is 9.97 Å². The summed E-state index contributed by atoms with van der Waals surface area (Å²) in [6.45, 7) is 11.8. The maximum Gasteiger partial charge on any atom is 0.272 e. The number of hydrogen-bond donors (Lipinski definition) is 1. The van der Waals surface area contributed by atoms with Crippen LogP contribution in [0.2, 0.25) is 0 Å². The Hall–Kier alpha value is -1.69. The Kier molecular flexibility index (Phi) is 6.12. The zero-order valence-corrected chi connectivity index (χ0v) is 13.9. The van der Waals surface area contributed by atoms with Crippen molar-refractivity contribution in [2.24, 2.45) is 5.92 Å². The minimum atomic E-state index is 0.00469. The maximum absolute atomic E-state index is 12.5. The molecule has 0 spiro atoms. The largest absolute Gasteiger partial charge is 0.354 e. The third-order valence-corrected chi connectivity index (χ3v) is 3.99. The molecule has 1 saturated heterocycles. The minimum Gasteiger partial charge on any atom is -0.354 e. The van der Waals surface area contributed by atoms with Crippen molar-refractivity contribution in [2.75, 3.05) is 44.6 Å². The second-order valence-electron chi connectivity index (χ2n) is 6.10. The van der Waals surface area contributed by atoms with E-state index in [0.29, 0.717) is 17.6 Å². The molecule has 1 fully saturated rings. The van der Waals surface area contributed by atoms with Crippen molar-refractivity contribution in [3.63, 3.8) is 0 Å². The first-order valence-electron chi connectivity index (χ1n) is 8.18. The number of likely N-dealkylation sites (N-methyl/N-ethyl adjacent to an activating group) is 1. The molecule has 1 aliphatic rings. The van der Waals surface area contributed by atoms with Gasteiger partial charge >= 0.3 is 0 Å². The molecule has 0 bridgehead atoms. The van der Waals surface area contributed by atoms with E-state index in [1.165, 1.54) is 0 Å². The smallest absolute Gasteiger partial charge is 0.272 e. The van der Waals surface area contributed by atoms with E-state index in [1.807, 2.05) is 4.90 Å². The van der Waals surface area contributed by atoms with Gasteiger partial charge in [0.15, 0.2) is 0 Å². The lowest BCUT2D eigenvalue weighted by molar-refractivity contribution is 0.0637. The summed E-state index contributed by atoms with van der Waals surface area (Å²) >= 11 is 0. The van der Waals surface area contributed by atoms with E-state index in [-0.39, 0.29) is 5.91 Å². The number of anilines is 1. The highest BCUT2D eigenvalue weighted by molar-refractivity contribution is 5.92. The number of nitrogens with one attached hydrogen (secondary N) is 1. The van der Waals surface area contributed by atoms with Crippen LogP contribution in [-0.4, -0.2) is 64.9 Å². The number of rotatable bonds is 6. The molecule has 0 radical (unpaired) electrons. The van der Waals surface area contributed by atoms with Gasteiger partial charge in [-0.1, -0.05) is 20.8 Å². The molecule has 1 N–H and O–H groups in total. The molecule has 6 heteroatoms. The molecular weight excluding hydrogens is 278 g/mol. The summed E-state index contributed by atoms with van der Waals surface area (Å²) in [6.07, 6.45) is 2.71. The molecule has 0 aromatic carbocycles. The monoisotopic (exact) mass is 305 g/mol. The molecule has 0 unspecified atom stereocenters. The van der Waals surface area contributed by atoms with Crippen molar-refractivity contribution in [3.05, 3.63) is 18.0 Å². The van der Waals surface area contributed by atoms with Crippen molar-refractivity contribution in [3.8, 4) is 0 Å².